The third-order valence-corrected chi connectivity index (χ3v) is 13.4. The van der Waals surface area contributed by atoms with Gasteiger partial charge < -0.3 is 4.90 Å². The molecule has 3 heteroatoms. The van der Waals surface area contributed by atoms with Crippen molar-refractivity contribution < 1.29 is 0 Å². The third kappa shape index (κ3) is 4.13. The first-order valence-electron chi connectivity index (χ1n) is 14.9. The fourth-order valence-electron chi connectivity index (χ4n) is 7.20. The molecule has 1 fully saturated rings. The van der Waals surface area contributed by atoms with E-state index in [1.54, 1.807) is 0 Å². The van der Waals surface area contributed by atoms with E-state index in [4.69, 9.17) is 0 Å². The summed E-state index contributed by atoms with van der Waals surface area (Å²) in [6, 6.07) is 41.6. The molecular weight excluding hydrogens is 535 g/mol. The van der Waals surface area contributed by atoms with Gasteiger partial charge in [0.1, 0.15) is 0 Å². The Morgan fingerprint density at radius 1 is 0.585 bits per heavy atom. The molecule has 6 aromatic rings. The number of benzene rings is 5. The average molecular weight is 570 g/mol. The van der Waals surface area contributed by atoms with Gasteiger partial charge in [-0.3, -0.25) is 0 Å². The molecule has 8 rings (SSSR count). The van der Waals surface area contributed by atoms with Crippen LogP contribution in [0.15, 0.2) is 119 Å². The van der Waals surface area contributed by atoms with Crippen molar-refractivity contribution in [2.75, 3.05) is 17.4 Å². The van der Waals surface area contributed by atoms with Crippen LogP contribution in [0, 0.1) is 0 Å². The van der Waals surface area contributed by atoms with E-state index < -0.39 is 10.0 Å². The van der Waals surface area contributed by atoms with Crippen LogP contribution in [-0.4, -0.2) is 12.5 Å². The first kappa shape index (κ1) is 25.2. The van der Waals surface area contributed by atoms with E-state index in [1.165, 1.54) is 95.8 Å². The van der Waals surface area contributed by atoms with Crippen molar-refractivity contribution >= 4 is 58.6 Å². The van der Waals surface area contributed by atoms with E-state index >= 15 is 0 Å². The Hall–Kier alpha value is -3.53. The summed E-state index contributed by atoms with van der Waals surface area (Å²) in [5.41, 5.74) is 7.95. The molecule has 0 atom stereocenters. The zero-order valence-corrected chi connectivity index (χ0v) is 25.4. The Morgan fingerprint density at radius 3 is 2.10 bits per heavy atom. The lowest BCUT2D eigenvalue weighted by atomic mass is 9.84. The largest absolute Gasteiger partial charge is 0.310 e. The van der Waals surface area contributed by atoms with Crippen molar-refractivity contribution in [3.05, 3.63) is 115 Å². The van der Waals surface area contributed by atoms with Crippen LogP contribution >= 0.6 is 21.4 Å². The predicted octanol–water partition coefficient (Wildman–Crippen LogP) is 12.0. The molecule has 5 aromatic carbocycles. The summed E-state index contributed by atoms with van der Waals surface area (Å²) in [7, 11) is -1.02. The van der Waals surface area contributed by atoms with Gasteiger partial charge in [-0.05, 0) is 109 Å². The standard InChI is InChI=1S/C38H35NS2/c1-41(2)37-15-9-7-13-32(37)34-25-30(21-23-38(34)41)39(28-18-16-27(17-19-28)26-10-4-3-5-11-26)29-20-22-36-33(24-29)31-12-6-8-14-35(31)40-36/h6-9,12-26H,3-5,10-11H2,1-2H3. The number of hydrogen-bond donors (Lipinski definition) is 0. The lowest BCUT2D eigenvalue weighted by molar-refractivity contribution is 0.443. The van der Waals surface area contributed by atoms with Crippen LogP contribution in [-0.2, 0) is 0 Å². The molecule has 41 heavy (non-hydrogen) atoms. The van der Waals surface area contributed by atoms with Gasteiger partial charge in [0, 0.05) is 47.0 Å². The lowest BCUT2D eigenvalue weighted by Crippen LogP contribution is -2.11. The second-order valence-electron chi connectivity index (χ2n) is 12.0. The van der Waals surface area contributed by atoms with E-state index in [0.29, 0.717) is 5.92 Å². The highest BCUT2D eigenvalue weighted by atomic mass is 32.3. The Kier molecular flexibility index (Phi) is 6.02. The molecule has 0 N–H and O–H groups in total. The molecule has 1 aliphatic carbocycles. The molecule has 0 radical (unpaired) electrons. The smallest absolute Gasteiger partial charge is 0.0468 e. The molecule has 2 aliphatic rings. The van der Waals surface area contributed by atoms with Gasteiger partial charge in [0.15, 0.2) is 0 Å². The maximum absolute atomic E-state index is 2.47. The summed E-state index contributed by atoms with van der Waals surface area (Å²) in [4.78, 5) is 5.47. The minimum atomic E-state index is -1.02. The van der Waals surface area contributed by atoms with E-state index in [9.17, 15) is 0 Å². The SMILES string of the molecule is CS1(C)c2ccccc2-c2cc(N(c3ccc(C4CCCCC4)cc3)c3ccc4sc5ccccc5c4c3)ccc21. The molecule has 0 amide bonds. The Morgan fingerprint density at radius 2 is 1.24 bits per heavy atom. The van der Waals surface area contributed by atoms with Crippen molar-refractivity contribution in [2.24, 2.45) is 0 Å². The van der Waals surface area contributed by atoms with Crippen LogP contribution in [0.25, 0.3) is 31.3 Å². The number of anilines is 3. The van der Waals surface area contributed by atoms with Crippen LogP contribution in [0.4, 0.5) is 17.1 Å². The Balaban J connectivity index is 1.29. The van der Waals surface area contributed by atoms with Gasteiger partial charge >= 0.3 is 0 Å². The second kappa shape index (κ2) is 9.79. The first-order chi connectivity index (χ1) is 20.1. The van der Waals surface area contributed by atoms with E-state index in [2.05, 4.69) is 127 Å². The topological polar surface area (TPSA) is 3.24 Å². The highest BCUT2D eigenvalue weighted by molar-refractivity contribution is 8.33. The minimum absolute atomic E-state index is 0.710. The number of nitrogens with zero attached hydrogens (tertiary/aromatic N) is 1. The van der Waals surface area contributed by atoms with Crippen LogP contribution in [0.5, 0.6) is 0 Å². The van der Waals surface area contributed by atoms with Crippen LogP contribution in [0.2, 0.25) is 0 Å². The average Bonchev–Trinajstić information content (AvgIpc) is 3.50. The Bertz CT molecular complexity index is 1910. The van der Waals surface area contributed by atoms with Crippen LogP contribution < -0.4 is 4.90 Å². The van der Waals surface area contributed by atoms with Crippen molar-refractivity contribution in [2.45, 2.75) is 47.8 Å². The molecule has 2 heterocycles. The lowest BCUT2D eigenvalue weighted by Gasteiger charge is -2.30. The van der Waals surface area contributed by atoms with Crippen LogP contribution in [0.1, 0.15) is 43.6 Å². The van der Waals surface area contributed by atoms with E-state index in [0.717, 1.165) is 0 Å². The van der Waals surface area contributed by atoms with Crippen molar-refractivity contribution in [1.82, 2.24) is 0 Å². The number of thiophene rings is 1. The fourth-order valence-corrected chi connectivity index (χ4v) is 10.8. The fraction of sp³-hybridized carbons (Fsp3) is 0.211. The second-order valence-corrected chi connectivity index (χ2v) is 16.7. The van der Waals surface area contributed by atoms with Gasteiger partial charge in [-0.1, -0.05) is 67.8 Å². The van der Waals surface area contributed by atoms with E-state index in [1.807, 2.05) is 11.3 Å². The minimum Gasteiger partial charge on any atom is -0.310 e. The first-order valence-corrected chi connectivity index (χ1v) is 18.1. The molecule has 0 unspecified atom stereocenters. The van der Waals surface area contributed by atoms with Crippen molar-refractivity contribution in [3.8, 4) is 11.1 Å². The molecule has 0 spiro atoms. The van der Waals surface area contributed by atoms with Crippen LogP contribution in [0.3, 0.4) is 0 Å². The van der Waals surface area contributed by atoms with Gasteiger partial charge in [0.2, 0.25) is 0 Å². The highest BCUT2D eigenvalue weighted by Crippen LogP contribution is 2.67. The van der Waals surface area contributed by atoms with E-state index in [-0.39, 0.29) is 0 Å². The molecule has 0 bridgehead atoms. The molecule has 204 valence electrons. The molecule has 0 saturated heterocycles. The number of hydrogen-bond acceptors (Lipinski definition) is 2. The summed E-state index contributed by atoms with van der Waals surface area (Å²) in [6.45, 7) is 0. The molecule has 1 saturated carbocycles. The quantitative estimate of drug-likeness (QED) is 0.204. The summed E-state index contributed by atoms with van der Waals surface area (Å²) < 4.78 is 2.69. The summed E-state index contributed by atoms with van der Waals surface area (Å²) in [5.74, 6) is 0.710. The number of fused-ring (bicyclic) bond motifs is 6. The Labute approximate surface area is 248 Å². The van der Waals surface area contributed by atoms with Gasteiger partial charge in [0.05, 0.1) is 0 Å². The van der Waals surface area contributed by atoms with Gasteiger partial charge in [-0.2, -0.15) is 10.0 Å². The van der Waals surface area contributed by atoms with Gasteiger partial charge in [0.25, 0.3) is 0 Å². The normalized spacial score (nSPS) is 16.9. The monoisotopic (exact) mass is 569 g/mol. The maximum Gasteiger partial charge on any atom is 0.0468 e. The molecular formula is C38H35NS2. The summed E-state index contributed by atoms with van der Waals surface area (Å²) >= 11 is 1.88. The third-order valence-electron chi connectivity index (χ3n) is 9.34. The zero-order valence-electron chi connectivity index (χ0n) is 23.8. The number of rotatable bonds is 4. The maximum atomic E-state index is 2.47. The molecule has 1 aromatic heterocycles. The van der Waals surface area contributed by atoms with Crippen molar-refractivity contribution in [1.29, 1.82) is 0 Å². The highest BCUT2D eigenvalue weighted by Gasteiger charge is 2.32. The van der Waals surface area contributed by atoms with Crippen molar-refractivity contribution in [3.63, 3.8) is 0 Å². The predicted molar refractivity (Wildman–Crippen MR) is 181 cm³/mol. The summed E-state index contributed by atoms with van der Waals surface area (Å²) in [5, 5.41) is 2.68. The summed E-state index contributed by atoms with van der Waals surface area (Å²) in [6.07, 6.45) is 11.6. The molecule has 1 aliphatic heterocycles. The zero-order chi connectivity index (χ0) is 27.6. The van der Waals surface area contributed by atoms with Gasteiger partial charge in [-0.25, -0.2) is 0 Å². The van der Waals surface area contributed by atoms with Gasteiger partial charge in [-0.15, -0.1) is 11.3 Å². The molecule has 1 nitrogen and oxygen atoms in total.